The minimum Gasteiger partial charge on any atom is -0.493 e. The van der Waals surface area contributed by atoms with Crippen molar-refractivity contribution >= 4 is 0 Å². The van der Waals surface area contributed by atoms with Gasteiger partial charge in [0.2, 0.25) is 5.75 Å². The van der Waals surface area contributed by atoms with Gasteiger partial charge in [-0.2, -0.15) is 5.26 Å². The minimum atomic E-state index is -0.0683. The van der Waals surface area contributed by atoms with E-state index in [4.69, 9.17) is 14.2 Å². The number of nitrogens with zero attached hydrogens (tertiary/aromatic N) is 2. The molecule has 0 N–H and O–H groups in total. The van der Waals surface area contributed by atoms with Crippen LogP contribution in [0, 0.1) is 17.2 Å². The minimum absolute atomic E-state index is 0.0354. The number of hydrogen-bond donors (Lipinski definition) is 0. The van der Waals surface area contributed by atoms with Crippen LogP contribution in [0.5, 0.6) is 17.2 Å². The Kier molecular flexibility index (Phi) is 5.06. The summed E-state index contributed by atoms with van der Waals surface area (Å²) >= 11 is 0. The lowest BCUT2D eigenvalue weighted by Gasteiger charge is -2.31. The molecule has 0 unspecified atom stereocenters. The first-order valence-corrected chi connectivity index (χ1v) is 7.80. The van der Waals surface area contributed by atoms with Crippen molar-refractivity contribution in [3.05, 3.63) is 17.7 Å². The second-order valence-corrected chi connectivity index (χ2v) is 6.84. The lowest BCUT2D eigenvalue weighted by atomic mass is 9.89. The van der Waals surface area contributed by atoms with Crippen LogP contribution >= 0.6 is 0 Å². The molecule has 5 heteroatoms. The summed E-state index contributed by atoms with van der Waals surface area (Å²) in [5.74, 6) is 1.90. The zero-order valence-corrected chi connectivity index (χ0v) is 14.8. The molecule has 0 bridgehead atoms. The highest BCUT2D eigenvalue weighted by atomic mass is 16.5. The zero-order chi connectivity index (χ0) is 17.2. The molecule has 126 valence electrons. The van der Waals surface area contributed by atoms with Gasteiger partial charge >= 0.3 is 0 Å². The maximum atomic E-state index is 9.60. The fourth-order valence-electron chi connectivity index (χ4n) is 3.21. The largest absolute Gasteiger partial charge is 0.493 e. The first kappa shape index (κ1) is 17.4. The highest BCUT2D eigenvalue weighted by molar-refractivity contribution is 5.57. The van der Waals surface area contributed by atoms with Crippen LogP contribution in [0.1, 0.15) is 32.3 Å². The smallest absolute Gasteiger partial charge is 0.203 e. The van der Waals surface area contributed by atoms with Gasteiger partial charge in [0.05, 0.1) is 33.3 Å². The fourth-order valence-corrected chi connectivity index (χ4v) is 3.21. The second kappa shape index (κ2) is 6.67. The summed E-state index contributed by atoms with van der Waals surface area (Å²) in [5.41, 5.74) is 1.04. The molecule has 1 fully saturated rings. The SMILES string of the molecule is COc1ccc([C@H]2CN(C(C)(C)C)C[C@@H]2C#N)c(OC)c1OC. The van der Waals surface area contributed by atoms with E-state index in [0.717, 1.165) is 18.7 Å². The lowest BCUT2D eigenvalue weighted by molar-refractivity contribution is 0.170. The van der Waals surface area contributed by atoms with Crippen molar-refractivity contribution in [1.82, 2.24) is 4.90 Å². The molecular formula is C18H26N2O3. The quantitative estimate of drug-likeness (QED) is 0.854. The van der Waals surface area contributed by atoms with Crippen LogP contribution in [0.25, 0.3) is 0 Å². The van der Waals surface area contributed by atoms with E-state index in [0.29, 0.717) is 17.2 Å². The van der Waals surface area contributed by atoms with Gasteiger partial charge in [0.15, 0.2) is 11.5 Å². The summed E-state index contributed by atoms with van der Waals surface area (Å²) in [6, 6.07) is 6.33. The van der Waals surface area contributed by atoms with Gasteiger partial charge in [-0.15, -0.1) is 0 Å². The predicted octanol–water partition coefficient (Wildman–Crippen LogP) is 3.05. The standard InChI is InChI=1S/C18H26N2O3/c1-18(2,3)20-10-12(9-19)14(11-20)13-7-8-15(21-4)17(23-6)16(13)22-5/h7-8,12,14H,10-11H2,1-6H3/t12-,14-/m0/s1. The average Bonchev–Trinajstić information content (AvgIpc) is 2.97. The summed E-state index contributed by atoms with van der Waals surface area (Å²) < 4.78 is 16.4. The molecule has 1 heterocycles. The Labute approximate surface area is 138 Å². The van der Waals surface area contributed by atoms with Gasteiger partial charge in [-0.1, -0.05) is 6.07 Å². The fraction of sp³-hybridized carbons (Fsp3) is 0.611. The van der Waals surface area contributed by atoms with Gasteiger partial charge in [-0.3, -0.25) is 4.90 Å². The number of ether oxygens (including phenoxy) is 3. The van der Waals surface area contributed by atoms with E-state index in [9.17, 15) is 5.26 Å². The maximum absolute atomic E-state index is 9.60. The third-order valence-electron chi connectivity index (χ3n) is 4.57. The van der Waals surface area contributed by atoms with Crippen molar-refractivity contribution in [2.75, 3.05) is 34.4 Å². The van der Waals surface area contributed by atoms with Crippen LogP contribution in [-0.2, 0) is 0 Å². The van der Waals surface area contributed by atoms with Gasteiger partial charge in [-0.25, -0.2) is 0 Å². The van der Waals surface area contributed by atoms with Crippen molar-refractivity contribution in [2.24, 2.45) is 5.92 Å². The zero-order valence-electron chi connectivity index (χ0n) is 14.8. The molecule has 1 aliphatic heterocycles. The van der Waals surface area contributed by atoms with Gasteiger partial charge in [0.25, 0.3) is 0 Å². The normalized spacial score (nSPS) is 21.8. The Bertz CT molecular complexity index is 602. The number of methoxy groups -OCH3 is 3. The molecule has 1 aliphatic rings. The molecule has 2 rings (SSSR count). The van der Waals surface area contributed by atoms with E-state index >= 15 is 0 Å². The number of nitriles is 1. The van der Waals surface area contributed by atoms with E-state index in [1.165, 1.54) is 0 Å². The molecule has 2 atom stereocenters. The molecular weight excluding hydrogens is 292 g/mol. The molecule has 1 saturated heterocycles. The average molecular weight is 318 g/mol. The van der Waals surface area contributed by atoms with Crippen molar-refractivity contribution in [1.29, 1.82) is 5.26 Å². The summed E-state index contributed by atoms with van der Waals surface area (Å²) in [5, 5.41) is 9.60. The highest BCUT2D eigenvalue weighted by Crippen LogP contribution is 2.46. The predicted molar refractivity (Wildman–Crippen MR) is 89.3 cm³/mol. The van der Waals surface area contributed by atoms with Crippen LogP contribution in [0.3, 0.4) is 0 Å². The number of likely N-dealkylation sites (tertiary alicyclic amines) is 1. The Morgan fingerprint density at radius 2 is 1.70 bits per heavy atom. The first-order valence-electron chi connectivity index (χ1n) is 7.80. The van der Waals surface area contributed by atoms with Gasteiger partial charge in [0.1, 0.15) is 0 Å². The molecule has 23 heavy (non-hydrogen) atoms. The summed E-state index contributed by atoms with van der Waals surface area (Å²) in [7, 11) is 4.83. The van der Waals surface area contributed by atoms with E-state index in [1.54, 1.807) is 21.3 Å². The van der Waals surface area contributed by atoms with Crippen molar-refractivity contribution in [2.45, 2.75) is 32.2 Å². The third-order valence-corrected chi connectivity index (χ3v) is 4.57. The summed E-state index contributed by atoms with van der Waals surface area (Å²) in [4.78, 5) is 2.35. The van der Waals surface area contributed by atoms with Gasteiger partial charge < -0.3 is 14.2 Å². The molecule has 0 spiro atoms. The van der Waals surface area contributed by atoms with E-state index in [-0.39, 0.29) is 17.4 Å². The molecule has 0 amide bonds. The summed E-state index contributed by atoms with van der Waals surface area (Å²) in [6.07, 6.45) is 0. The molecule has 0 saturated carbocycles. The summed E-state index contributed by atoms with van der Waals surface area (Å²) in [6.45, 7) is 8.12. The maximum Gasteiger partial charge on any atom is 0.203 e. The Hall–Kier alpha value is -1.93. The van der Waals surface area contributed by atoms with Gasteiger partial charge in [-0.05, 0) is 26.8 Å². The Morgan fingerprint density at radius 1 is 1.04 bits per heavy atom. The van der Waals surface area contributed by atoms with Crippen molar-refractivity contribution in [3.63, 3.8) is 0 Å². The van der Waals surface area contributed by atoms with E-state index < -0.39 is 0 Å². The molecule has 5 nitrogen and oxygen atoms in total. The van der Waals surface area contributed by atoms with Gasteiger partial charge in [0, 0.05) is 30.1 Å². The Balaban J connectivity index is 2.47. The number of rotatable bonds is 4. The van der Waals surface area contributed by atoms with Crippen LogP contribution < -0.4 is 14.2 Å². The van der Waals surface area contributed by atoms with Crippen LogP contribution in [0.2, 0.25) is 0 Å². The lowest BCUT2D eigenvalue weighted by Crippen LogP contribution is -2.39. The van der Waals surface area contributed by atoms with Crippen molar-refractivity contribution in [3.8, 4) is 23.3 Å². The molecule has 1 aromatic rings. The van der Waals surface area contributed by atoms with Crippen LogP contribution in [0.15, 0.2) is 12.1 Å². The molecule has 0 aromatic heterocycles. The number of hydrogen-bond acceptors (Lipinski definition) is 5. The second-order valence-electron chi connectivity index (χ2n) is 6.84. The van der Waals surface area contributed by atoms with Crippen molar-refractivity contribution < 1.29 is 14.2 Å². The van der Waals surface area contributed by atoms with E-state index in [2.05, 4.69) is 31.7 Å². The Morgan fingerprint density at radius 3 is 2.17 bits per heavy atom. The third kappa shape index (κ3) is 3.23. The topological polar surface area (TPSA) is 54.7 Å². The molecule has 0 aliphatic carbocycles. The van der Waals surface area contributed by atoms with Crippen LogP contribution in [-0.4, -0.2) is 44.9 Å². The number of benzene rings is 1. The van der Waals surface area contributed by atoms with E-state index in [1.807, 2.05) is 12.1 Å². The first-order chi connectivity index (χ1) is 10.9. The molecule has 0 radical (unpaired) electrons. The monoisotopic (exact) mass is 318 g/mol. The van der Waals surface area contributed by atoms with Crippen LogP contribution in [0.4, 0.5) is 0 Å². The molecule has 1 aromatic carbocycles. The highest BCUT2D eigenvalue weighted by Gasteiger charge is 2.40.